The molecule has 0 aromatic carbocycles. The van der Waals surface area contributed by atoms with Gasteiger partial charge in [-0.15, -0.1) is 0 Å². The Bertz CT molecular complexity index is 552. The molecule has 0 bridgehead atoms. The Morgan fingerprint density at radius 2 is 2.10 bits per heavy atom. The van der Waals surface area contributed by atoms with Crippen LogP contribution in [0.2, 0.25) is 0 Å². The Labute approximate surface area is 130 Å². The molecule has 0 aliphatic heterocycles. The second-order valence-corrected chi connectivity index (χ2v) is 8.44. The predicted molar refractivity (Wildman–Crippen MR) is 84.9 cm³/mol. The number of hydrogen-bond donors (Lipinski definition) is 2. The van der Waals surface area contributed by atoms with Crippen LogP contribution in [0, 0.1) is 0 Å². The minimum Gasteiger partial charge on any atom is -0.396 e. The van der Waals surface area contributed by atoms with Gasteiger partial charge in [0.1, 0.15) is 0 Å². The van der Waals surface area contributed by atoms with Crippen molar-refractivity contribution in [2.45, 2.75) is 38.0 Å². The van der Waals surface area contributed by atoms with Crippen LogP contribution in [-0.2, 0) is 18.0 Å². The summed E-state index contributed by atoms with van der Waals surface area (Å²) in [6.07, 6.45) is 2.05. The molecule has 5 nitrogen and oxygen atoms in total. The van der Waals surface area contributed by atoms with E-state index in [0.29, 0.717) is 12.0 Å². The third-order valence-electron chi connectivity index (χ3n) is 2.81. The van der Waals surface area contributed by atoms with Crippen LogP contribution in [0.4, 0.5) is 0 Å². The minimum atomic E-state index is -1.28. The number of rotatable bonds is 5. The van der Waals surface area contributed by atoms with Crippen LogP contribution in [0.1, 0.15) is 38.8 Å². The fourth-order valence-corrected chi connectivity index (χ4v) is 3.15. The summed E-state index contributed by atoms with van der Waals surface area (Å²) < 4.78 is 17.0. The summed E-state index contributed by atoms with van der Waals surface area (Å²) in [5, 5.41) is 9.19. The highest BCUT2D eigenvalue weighted by Crippen LogP contribution is 2.25. The lowest BCUT2D eigenvalue weighted by atomic mass is 10.1. The summed E-state index contributed by atoms with van der Waals surface area (Å²) in [4.78, 5) is 11.8. The van der Waals surface area contributed by atoms with E-state index >= 15 is 0 Å². The predicted octanol–water partition coefficient (Wildman–Crippen LogP) is 1.62. The van der Waals surface area contributed by atoms with Gasteiger partial charge in [-0.05, 0) is 48.7 Å². The van der Waals surface area contributed by atoms with Crippen LogP contribution < -0.4 is 10.3 Å². The molecule has 7 heteroatoms. The van der Waals surface area contributed by atoms with E-state index in [1.807, 2.05) is 20.8 Å². The van der Waals surface area contributed by atoms with Crippen molar-refractivity contribution >= 4 is 26.9 Å². The van der Waals surface area contributed by atoms with Gasteiger partial charge in [-0.2, -0.15) is 0 Å². The average molecular weight is 365 g/mol. The van der Waals surface area contributed by atoms with Crippen molar-refractivity contribution in [1.29, 1.82) is 0 Å². The van der Waals surface area contributed by atoms with Crippen molar-refractivity contribution in [1.82, 2.24) is 9.29 Å². The Morgan fingerprint density at radius 3 is 2.60 bits per heavy atom. The highest BCUT2D eigenvalue weighted by Gasteiger charge is 2.24. The summed E-state index contributed by atoms with van der Waals surface area (Å²) >= 11 is 3.41. The van der Waals surface area contributed by atoms with E-state index < -0.39 is 15.7 Å². The summed E-state index contributed by atoms with van der Waals surface area (Å²) in [5.41, 5.74) is 0.564. The molecule has 20 heavy (non-hydrogen) atoms. The lowest BCUT2D eigenvalue weighted by Gasteiger charge is -2.25. The number of aromatic nitrogens is 1. The third-order valence-corrected chi connectivity index (χ3v) is 5.08. The SMILES string of the molecule is Cn1cc(Br)c([C@H](CCO)N[S@@](=O)C(C)(C)C)cc1=O. The van der Waals surface area contributed by atoms with Crippen LogP contribution >= 0.6 is 15.9 Å². The molecule has 1 aromatic rings. The molecule has 114 valence electrons. The summed E-state index contributed by atoms with van der Waals surface area (Å²) in [6, 6.07) is 1.15. The van der Waals surface area contributed by atoms with E-state index in [1.54, 1.807) is 13.2 Å². The van der Waals surface area contributed by atoms with Crippen molar-refractivity contribution in [3.63, 3.8) is 0 Å². The number of pyridine rings is 1. The van der Waals surface area contributed by atoms with Gasteiger partial charge in [-0.1, -0.05) is 0 Å². The molecule has 0 aliphatic carbocycles. The van der Waals surface area contributed by atoms with E-state index in [9.17, 15) is 14.1 Å². The number of aliphatic hydroxyl groups excluding tert-OH is 1. The number of aryl methyl sites for hydroxylation is 1. The highest BCUT2D eigenvalue weighted by molar-refractivity contribution is 9.10. The molecule has 0 spiro atoms. The van der Waals surface area contributed by atoms with Gasteiger partial charge in [0.2, 0.25) is 0 Å². The molecule has 2 N–H and O–H groups in total. The Balaban J connectivity index is 3.12. The molecule has 0 radical (unpaired) electrons. The van der Waals surface area contributed by atoms with Crippen LogP contribution in [0.5, 0.6) is 0 Å². The lowest BCUT2D eigenvalue weighted by Crippen LogP contribution is -2.36. The molecule has 1 heterocycles. The van der Waals surface area contributed by atoms with E-state index in [-0.39, 0.29) is 18.2 Å². The van der Waals surface area contributed by atoms with E-state index in [2.05, 4.69) is 20.7 Å². The minimum absolute atomic E-state index is 0.0549. The highest BCUT2D eigenvalue weighted by atomic mass is 79.9. The maximum atomic E-state index is 12.2. The van der Waals surface area contributed by atoms with Crippen LogP contribution in [-0.4, -0.2) is 25.2 Å². The summed E-state index contributed by atoms with van der Waals surface area (Å²) in [5.74, 6) is 0. The van der Waals surface area contributed by atoms with Crippen LogP contribution in [0.3, 0.4) is 0 Å². The molecule has 0 saturated heterocycles. The molecule has 1 rings (SSSR count). The topological polar surface area (TPSA) is 71.3 Å². The van der Waals surface area contributed by atoms with Gasteiger partial charge in [-0.25, -0.2) is 8.93 Å². The molecule has 0 fully saturated rings. The zero-order valence-electron chi connectivity index (χ0n) is 12.1. The van der Waals surface area contributed by atoms with Gasteiger partial charge >= 0.3 is 0 Å². The molecule has 1 aromatic heterocycles. The van der Waals surface area contributed by atoms with E-state index in [1.165, 1.54) is 10.6 Å². The second kappa shape index (κ2) is 6.98. The maximum Gasteiger partial charge on any atom is 0.250 e. The first-order chi connectivity index (χ1) is 9.16. The maximum absolute atomic E-state index is 12.2. The number of nitrogens with zero attached hydrogens (tertiary/aromatic N) is 1. The second-order valence-electron chi connectivity index (χ2n) is 5.59. The molecule has 0 aliphatic rings. The standard InChI is InChI=1S/C13H21BrN2O3S/c1-13(2,3)20(19)15-11(5-6-17)9-7-12(18)16(4)8-10(9)14/h7-8,11,15,17H,5-6H2,1-4H3/t11-,20-/m0/s1. The Hall–Kier alpha value is -0.500. The number of halogens is 1. The van der Waals surface area contributed by atoms with Crippen molar-refractivity contribution in [3.8, 4) is 0 Å². The summed E-state index contributed by atoms with van der Waals surface area (Å²) in [7, 11) is 0.385. The zero-order chi connectivity index (χ0) is 15.5. The van der Waals surface area contributed by atoms with Crippen molar-refractivity contribution in [3.05, 3.63) is 32.7 Å². The molecule has 0 saturated carbocycles. The summed E-state index contributed by atoms with van der Waals surface area (Å²) in [6.45, 7) is 5.54. The smallest absolute Gasteiger partial charge is 0.250 e. The van der Waals surface area contributed by atoms with Crippen molar-refractivity contribution in [2.75, 3.05) is 6.61 Å². The Morgan fingerprint density at radius 1 is 1.50 bits per heavy atom. The van der Waals surface area contributed by atoms with Gasteiger partial charge in [0.25, 0.3) is 5.56 Å². The van der Waals surface area contributed by atoms with E-state index in [4.69, 9.17) is 0 Å². The quantitative estimate of drug-likeness (QED) is 0.833. The molecule has 0 unspecified atom stereocenters. The van der Waals surface area contributed by atoms with Crippen LogP contribution in [0.25, 0.3) is 0 Å². The van der Waals surface area contributed by atoms with Crippen molar-refractivity contribution in [2.24, 2.45) is 7.05 Å². The molecular formula is C13H21BrN2O3S. The third kappa shape index (κ3) is 4.51. The van der Waals surface area contributed by atoms with Gasteiger partial charge in [0.05, 0.1) is 15.7 Å². The number of nitrogens with one attached hydrogen (secondary N) is 1. The zero-order valence-corrected chi connectivity index (χ0v) is 14.5. The van der Waals surface area contributed by atoms with Gasteiger partial charge in [-0.3, -0.25) is 4.79 Å². The fraction of sp³-hybridized carbons (Fsp3) is 0.615. The molecule has 0 amide bonds. The fourth-order valence-electron chi connectivity index (χ4n) is 1.59. The largest absolute Gasteiger partial charge is 0.396 e. The molecule has 2 atom stereocenters. The molecular weight excluding hydrogens is 344 g/mol. The first kappa shape index (κ1) is 17.6. The normalized spacial score (nSPS) is 15.1. The first-order valence-electron chi connectivity index (χ1n) is 6.31. The van der Waals surface area contributed by atoms with Gasteiger partial charge in [0, 0.05) is 36.4 Å². The van der Waals surface area contributed by atoms with Crippen molar-refractivity contribution < 1.29 is 9.32 Å². The first-order valence-corrected chi connectivity index (χ1v) is 8.26. The Kier molecular flexibility index (Phi) is 6.12. The van der Waals surface area contributed by atoms with Gasteiger partial charge in [0.15, 0.2) is 0 Å². The van der Waals surface area contributed by atoms with Gasteiger partial charge < -0.3 is 9.67 Å². The van der Waals surface area contributed by atoms with E-state index in [0.717, 1.165) is 4.47 Å². The average Bonchev–Trinajstić information content (AvgIpc) is 2.32. The van der Waals surface area contributed by atoms with Crippen LogP contribution in [0.15, 0.2) is 21.5 Å². The monoisotopic (exact) mass is 364 g/mol. The number of hydrogen-bond acceptors (Lipinski definition) is 3. The lowest BCUT2D eigenvalue weighted by molar-refractivity contribution is 0.272. The number of aliphatic hydroxyl groups is 1.